The fraction of sp³-hybridized carbons (Fsp3) is 0.333. The number of aromatic amines is 2. The number of hydrogen-bond donors (Lipinski definition) is 2. The van der Waals surface area contributed by atoms with Crippen molar-refractivity contribution < 1.29 is 0 Å². The molecule has 2 N–H and O–H groups in total. The zero-order valence-corrected chi connectivity index (χ0v) is 12.7. The summed E-state index contributed by atoms with van der Waals surface area (Å²) in [6.07, 6.45) is 4.60. The Morgan fingerprint density at radius 1 is 1.15 bits per heavy atom. The standard InChI is InChI=1S/C15H18N2O2S/c1-9-6-11(4-5-20-3)10(2)12(7-9)13-8-16-17-15(19)14(13)18/h6-8H,4-5H2,1-3H3,(H,16,18)(H,17,19). The second-order valence-corrected chi connectivity index (χ2v) is 5.81. The van der Waals surface area contributed by atoms with E-state index in [0.29, 0.717) is 5.56 Å². The van der Waals surface area contributed by atoms with Gasteiger partial charge in [0.1, 0.15) is 0 Å². The molecule has 0 aliphatic rings. The minimum absolute atomic E-state index is 0.431. The number of rotatable bonds is 4. The molecule has 1 aromatic heterocycles. The van der Waals surface area contributed by atoms with E-state index in [4.69, 9.17) is 0 Å². The van der Waals surface area contributed by atoms with E-state index in [0.717, 1.165) is 28.9 Å². The third-order valence-electron chi connectivity index (χ3n) is 3.38. The molecule has 0 fully saturated rings. The highest BCUT2D eigenvalue weighted by atomic mass is 32.2. The van der Waals surface area contributed by atoms with Crippen LogP contribution in [-0.2, 0) is 6.42 Å². The van der Waals surface area contributed by atoms with E-state index in [-0.39, 0.29) is 0 Å². The summed E-state index contributed by atoms with van der Waals surface area (Å²) in [5.74, 6) is 1.04. The molecule has 0 unspecified atom stereocenters. The van der Waals surface area contributed by atoms with Crippen molar-refractivity contribution in [2.24, 2.45) is 0 Å². The van der Waals surface area contributed by atoms with Crippen LogP contribution in [0, 0.1) is 13.8 Å². The van der Waals surface area contributed by atoms with Crippen molar-refractivity contribution >= 4 is 11.8 Å². The van der Waals surface area contributed by atoms with Crippen LogP contribution in [0.25, 0.3) is 11.1 Å². The Hall–Kier alpha value is -1.75. The van der Waals surface area contributed by atoms with E-state index in [1.165, 1.54) is 5.56 Å². The highest BCUT2D eigenvalue weighted by Crippen LogP contribution is 2.25. The van der Waals surface area contributed by atoms with Crippen molar-refractivity contribution in [1.29, 1.82) is 0 Å². The van der Waals surface area contributed by atoms with E-state index in [9.17, 15) is 9.59 Å². The molecular weight excluding hydrogens is 272 g/mol. The van der Waals surface area contributed by atoms with E-state index >= 15 is 0 Å². The quantitative estimate of drug-likeness (QED) is 0.849. The van der Waals surface area contributed by atoms with Crippen molar-refractivity contribution in [2.45, 2.75) is 20.3 Å². The maximum atomic E-state index is 12.0. The summed E-state index contributed by atoms with van der Waals surface area (Å²) in [5, 5.41) is 4.93. The summed E-state index contributed by atoms with van der Waals surface area (Å²) in [7, 11) is 0. The molecule has 0 amide bonds. The first-order valence-electron chi connectivity index (χ1n) is 6.44. The average molecular weight is 290 g/mol. The number of thioether (sulfide) groups is 1. The number of aromatic nitrogens is 2. The molecule has 1 aromatic carbocycles. The second-order valence-electron chi connectivity index (χ2n) is 4.83. The smallest absolute Gasteiger partial charge is 0.305 e. The van der Waals surface area contributed by atoms with E-state index < -0.39 is 11.0 Å². The predicted octanol–water partition coefficient (Wildman–Crippen LogP) is 2.25. The fourth-order valence-electron chi connectivity index (χ4n) is 2.30. The summed E-state index contributed by atoms with van der Waals surface area (Å²) in [6, 6.07) is 4.11. The van der Waals surface area contributed by atoms with E-state index in [1.54, 1.807) is 18.0 Å². The molecule has 5 heteroatoms. The zero-order chi connectivity index (χ0) is 14.7. The van der Waals surface area contributed by atoms with Gasteiger partial charge in [-0.15, -0.1) is 0 Å². The van der Waals surface area contributed by atoms with Crippen LogP contribution >= 0.6 is 11.8 Å². The Bertz CT molecular complexity index is 731. The van der Waals surface area contributed by atoms with Gasteiger partial charge >= 0.3 is 5.56 Å². The lowest BCUT2D eigenvalue weighted by Crippen LogP contribution is -2.28. The molecule has 20 heavy (non-hydrogen) atoms. The fourth-order valence-corrected chi connectivity index (χ4v) is 2.73. The van der Waals surface area contributed by atoms with Gasteiger partial charge in [-0.2, -0.15) is 11.8 Å². The number of aryl methyl sites for hydroxylation is 2. The summed E-state index contributed by atoms with van der Waals surface area (Å²) in [6.45, 7) is 4.01. The van der Waals surface area contributed by atoms with Crippen LogP contribution in [0.5, 0.6) is 0 Å². The normalized spacial score (nSPS) is 10.8. The lowest BCUT2D eigenvalue weighted by Gasteiger charge is -2.12. The Morgan fingerprint density at radius 3 is 2.60 bits per heavy atom. The summed E-state index contributed by atoms with van der Waals surface area (Å²) in [5.41, 5.74) is 3.56. The highest BCUT2D eigenvalue weighted by Gasteiger charge is 2.12. The molecule has 0 bridgehead atoms. The van der Waals surface area contributed by atoms with Gasteiger partial charge in [0, 0.05) is 6.20 Å². The first kappa shape index (κ1) is 14.7. The second kappa shape index (κ2) is 6.13. The third kappa shape index (κ3) is 2.88. The zero-order valence-electron chi connectivity index (χ0n) is 11.9. The van der Waals surface area contributed by atoms with Gasteiger partial charge in [0.15, 0.2) is 0 Å². The van der Waals surface area contributed by atoms with Crippen molar-refractivity contribution in [2.75, 3.05) is 12.0 Å². The SMILES string of the molecule is CSCCc1cc(C)cc(-c2c[nH][nH]c(=O)c2=O)c1C. The van der Waals surface area contributed by atoms with Gasteiger partial charge in [0.05, 0.1) is 5.56 Å². The first-order chi connectivity index (χ1) is 9.54. The van der Waals surface area contributed by atoms with Crippen molar-refractivity contribution in [3.63, 3.8) is 0 Å². The maximum Gasteiger partial charge on any atom is 0.310 e. The van der Waals surface area contributed by atoms with Crippen molar-refractivity contribution in [3.05, 3.63) is 55.6 Å². The van der Waals surface area contributed by atoms with Gasteiger partial charge in [0.25, 0.3) is 5.43 Å². The van der Waals surface area contributed by atoms with Gasteiger partial charge < -0.3 is 5.10 Å². The molecule has 106 valence electrons. The molecule has 0 aliphatic carbocycles. The summed E-state index contributed by atoms with van der Waals surface area (Å²) in [4.78, 5) is 23.5. The molecule has 0 spiro atoms. The minimum atomic E-state index is -0.617. The molecular formula is C15H18N2O2S. The van der Waals surface area contributed by atoms with Crippen LogP contribution in [0.4, 0.5) is 0 Å². The van der Waals surface area contributed by atoms with Gasteiger partial charge in [-0.3, -0.25) is 14.7 Å². The number of hydrogen-bond acceptors (Lipinski definition) is 3. The minimum Gasteiger partial charge on any atom is -0.305 e. The Balaban J connectivity index is 2.62. The lowest BCUT2D eigenvalue weighted by atomic mass is 9.94. The number of nitrogens with one attached hydrogen (secondary N) is 2. The van der Waals surface area contributed by atoms with Crippen LogP contribution in [0.1, 0.15) is 16.7 Å². The lowest BCUT2D eigenvalue weighted by molar-refractivity contribution is 0.973. The first-order valence-corrected chi connectivity index (χ1v) is 7.83. The summed E-state index contributed by atoms with van der Waals surface area (Å²) >= 11 is 1.80. The van der Waals surface area contributed by atoms with Crippen LogP contribution < -0.4 is 11.0 Å². The van der Waals surface area contributed by atoms with E-state index in [2.05, 4.69) is 22.5 Å². The van der Waals surface area contributed by atoms with Crippen molar-refractivity contribution in [3.8, 4) is 11.1 Å². The topological polar surface area (TPSA) is 65.7 Å². The average Bonchev–Trinajstić information content (AvgIpc) is 2.42. The van der Waals surface area contributed by atoms with Crippen LogP contribution in [0.3, 0.4) is 0 Å². The molecule has 2 rings (SSSR count). The third-order valence-corrected chi connectivity index (χ3v) is 3.99. The molecule has 4 nitrogen and oxygen atoms in total. The van der Waals surface area contributed by atoms with Crippen LogP contribution in [-0.4, -0.2) is 22.2 Å². The van der Waals surface area contributed by atoms with Gasteiger partial charge in [-0.05, 0) is 49.0 Å². The highest BCUT2D eigenvalue weighted by molar-refractivity contribution is 7.98. The molecule has 0 saturated carbocycles. The maximum absolute atomic E-state index is 12.0. The Labute approximate surface area is 121 Å². The Kier molecular flexibility index (Phi) is 4.49. The van der Waals surface area contributed by atoms with E-state index in [1.807, 2.05) is 19.9 Å². The monoisotopic (exact) mass is 290 g/mol. The molecule has 2 aromatic rings. The van der Waals surface area contributed by atoms with Gasteiger partial charge in [-0.1, -0.05) is 17.7 Å². The molecule has 1 heterocycles. The van der Waals surface area contributed by atoms with Crippen LogP contribution in [0.15, 0.2) is 27.9 Å². The largest absolute Gasteiger partial charge is 0.310 e. The molecule has 0 radical (unpaired) electrons. The number of H-pyrrole nitrogens is 2. The Morgan fingerprint density at radius 2 is 1.90 bits per heavy atom. The van der Waals surface area contributed by atoms with Crippen molar-refractivity contribution in [1.82, 2.24) is 10.2 Å². The van der Waals surface area contributed by atoms with Gasteiger partial charge in [0.2, 0.25) is 0 Å². The van der Waals surface area contributed by atoms with Gasteiger partial charge in [-0.25, -0.2) is 0 Å². The van der Waals surface area contributed by atoms with Crippen LogP contribution in [0.2, 0.25) is 0 Å². The molecule has 0 atom stereocenters. The predicted molar refractivity (Wildman–Crippen MR) is 84.7 cm³/mol. The molecule has 0 aliphatic heterocycles. The molecule has 0 saturated heterocycles. The summed E-state index contributed by atoms with van der Waals surface area (Å²) < 4.78 is 0. The number of benzene rings is 1.